The van der Waals surface area contributed by atoms with Gasteiger partial charge in [-0.15, -0.1) is 11.3 Å². The summed E-state index contributed by atoms with van der Waals surface area (Å²) in [4.78, 5) is 27.4. The molecule has 1 atom stereocenters. The number of carbonyl (C=O) groups is 2. The second kappa shape index (κ2) is 10.0. The van der Waals surface area contributed by atoms with Gasteiger partial charge in [0, 0.05) is 30.7 Å². The van der Waals surface area contributed by atoms with Crippen LogP contribution in [-0.4, -0.2) is 44.3 Å². The summed E-state index contributed by atoms with van der Waals surface area (Å²) < 4.78 is 28.4. The lowest BCUT2D eigenvalue weighted by Gasteiger charge is -2.32. The Hall–Kier alpha value is -2.39. The van der Waals surface area contributed by atoms with Crippen molar-refractivity contribution in [2.24, 2.45) is 11.8 Å². The average Bonchev–Trinajstić information content (AvgIpc) is 3.26. The highest BCUT2D eigenvalue weighted by Gasteiger charge is 2.32. The van der Waals surface area contributed by atoms with Crippen LogP contribution >= 0.6 is 11.3 Å². The van der Waals surface area contributed by atoms with Gasteiger partial charge in [-0.1, -0.05) is 31.5 Å². The Balaban J connectivity index is 1.65. The van der Waals surface area contributed by atoms with E-state index in [9.17, 15) is 18.0 Å². The predicted octanol–water partition coefficient (Wildman–Crippen LogP) is 3.87. The van der Waals surface area contributed by atoms with Crippen molar-refractivity contribution in [2.75, 3.05) is 17.8 Å². The molecule has 9 heteroatoms. The zero-order valence-electron chi connectivity index (χ0n) is 18.9. The van der Waals surface area contributed by atoms with Gasteiger partial charge >= 0.3 is 0 Å². The van der Waals surface area contributed by atoms with Gasteiger partial charge in [0.15, 0.2) is 0 Å². The van der Waals surface area contributed by atoms with Gasteiger partial charge in [0.05, 0.1) is 0 Å². The normalized spacial score (nSPS) is 16.1. The van der Waals surface area contributed by atoms with Crippen molar-refractivity contribution < 1.29 is 18.0 Å². The van der Waals surface area contributed by atoms with Crippen LogP contribution in [0.15, 0.2) is 40.6 Å². The summed E-state index contributed by atoms with van der Waals surface area (Å²) in [6, 6.07) is 8.58. The minimum absolute atomic E-state index is 0.0151. The average molecular weight is 478 g/mol. The van der Waals surface area contributed by atoms with Crippen LogP contribution in [0.5, 0.6) is 0 Å². The molecule has 32 heavy (non-hydrogen) atoms. The lowest BCUT2D eigenvalue weighted by Crippen LogP contribution is -2.45. The van der Waals surface area contributed by atoms with E-state index in [2.05, 4.69) is 23.9 Å². The van der Waals surface area contributed by atoms with E-state index in [0.717, 1.165) is 16.9 Å². The van der Waals surface area contributed by atoms with Crippen LogP contribution in [0.25, 0.3) is 0 Å². The van der Waals surface area contributed by atoms with Crippen LogP contribution in [0.4, 0.5) is 5.69 Å². The molecular weight excluding hydrogens is 446 g/mol. The van der Waals surface area contributed by atoms with Gasteiger partial charge in [-0.3, -0.25) is 14.3 Å². The molecule has 0 aliphatic carbocycles. The van der Waals surface area contributed by atoms with Crippen molar-refractivity contribution in [3.05, 3.63) is 46.2 Å². The fourth-order valence-electron chi connectivity index (χ4n) is 3.49. The first-order valence-corrected chi connectivity index (χ1v) is 13.2. The molecule has 2 aromatic rings. The number of hydrogen-bond donors (Lipinski definition) is 2. The standard InChI is InChI=1S/C23H31N3O4S2/c1-15(2)17(4)24-22(27)18-9-12-26(13-10-18)23(28)21-20(11-14-31-21)32(29,30)25-19-7-5-16(3)6-8-19/h5-8,11,14-15,17-18,25H,9-10,12-13H2,1-4H3,(H,24,27). The van der Waals surface area contributed by atoms with Crippen LogP contribution in [0, 0.1) is 18.8 Å². The van der Waals surface area contributed by atoms with E-state index in [-0.39, 0.29) is 33.5 Å². The fourth-order valence-corrected chi connectivity index (χ4v) is 5.94. The first kappa shape index (κ1) is 24.3. The summed E-state index contributed by atoms with van der Waals surface area (Å²) in [5, 5.41) is 4.66. The lowest BCUT2D eigenvalue weighted by atomic mass is 9.94. The predicted molar refractivity (Wildman–Crippen MR) is 127 cm³/mol. The second-order valence-corrected chi connectivity index (χ2v) is 11.3. The molecule has 1 saturated heterocycles. The molecule has 0 bridgehead atoms. The molecule has 2 heterocycles. The molecule has 1 fully saturated rings. The number of nitrogens with zero attached hydrogens (tertiary/aromatic N) is 1. The summed E-state index contributed by atoms with van der Waals surface area (Å²) in [6.45, 7) is 8.89. The molecule has 0 spiro atoms. The maximum absolute atomic E-state index is 13.1. The van der Waals surface area contributed by atoms with Gasteiger partial charge in [0.1, 0.15) is 9.77 Å². The van der Waals surface area contributed by atoms with Crippen molar-refractivity contribution in [1.29, 1.82) is 0 Å². The molecule has 7 nitrogen and oxygen atoms in total. The number of aryl methyl sites for hydroxylation is 1. The van der Waals surface area contributed by atoms with Crippen molar-refractivity contribution in [3.8, 4) is 0 Å². The summed E-state index contributed by atoms with van der Waals surface area (Å²) in [7, 11) is -3.89. The minimum atomic E-state index is -3.89. The maximum atomic E-state index is 13.1. The molecule has 3 rings (SSSR count). The van der Waals surface area contributed by atoms with Gasteiger partial charge in [-0.25, -0.2) is 8.42 Å². The zero-order chi connectivity index (χ0) is 23.5. The Morgan fingerprint density at radius 1 is 1.06 bits per heavy atom. The minimum Gasteiger partial charge on any atom is -0.353 e. The Morgan fingerprint density at radius 2 is 1.69 bits per heavy atom. The van der Waals surface area contributed by atoms with Gasteiger partial charge in [0.25, 0.3) is 15.9 Å². The van der Waals surface area contributed by atoms with Crippen LogP contribution in [0.2, 0.25) is 0 Å². The molecule has 2 N–H and O–H groups in total. The molecule has 1 aromatic heterocycles. The lowest BCUT2D eigenvalue weighted by molar-refractivity contribution is -0.127. The topological polar surface area (TPSA) is 95.6 Å². The van der Waals surface area contributed by atoms with Crippen LogP contribution < -0.4 is 10.0 Å². The number of likely N-dealkylation sites (tertiary alicyclic amines) is 1. The highest BCUT2D eigenvalue weighted by molar-refractivity contribution is 7.93. The summed E-state index contributed by atoms with van der Waals surface area (Å²) in [5.74, 6) is -0.0537. The second-order valence-electron chi connectivity index (χ2n) is 8.69. The van der Waals surface area contributed by atoms with E-state index < -0.39 is 10.0 Å². The molecular formula is C23H31N3O4S2. The molecule has 1 unspecified atom stereocenters. The largest absolute Gasteiger partial charge is 0.353 e. The van der Waals surface area contributed by atoms with Crippen LogP contribution in [-0.2, 0) is 14.8 Å². The van der Waals surface area contributed by atoms with Crippen LogP contribution in [0.3, 0.4) is 0 Å². The number of amides is 2. The molecule has 1 aliphatic heterocycles. The van der Waals surface area contributed by atoms with Gasteiger partial charge < -0.3 is 10.2 Å². The monoisotopic (exact) mass is 477 g/mol. The van der Waals surface area contributed by atoms with Gasteiger partial charge in [0.2, 0.25) is 5.91 Å². The zero-order valence-corrected chi connectivity index (χ0v) is 20.6. The number of thiophene rings is 1. The van der Waals surface area contributed by atoms with E-state index in [1.54, 1.807) is 22.4 Å². The molecule has 0 radical (unpaired) electrons. The van der Waals surface area contributed by atoms with E-state index >= 15 is 0 Å². The Morgan fingerprint density at radius 3 is 2.28 bits per heavy atom. The van der Waals surface area contributed by atoms with E-state index in [1.165, 1.54) is 6.07 Å². The third-order valence-electron chi connectivity index (χ3n) is 5.94. The van der Waals surface area contributed by atoms with Crippen LogP contribution in [0.1, 0.15) is 48.8 Å². The Labute approximate surface area is 194 Å². The first-order valence-electron chi connectivity index (χ1n) is 10.8. The van der Waals surface area contributed by atoms with E-state index in [4.69, 9.17) is 0 Å². The molecule has 2 amide bonds. The fraction of sp³-hybridized carbons (Fsp3) is 0.478. The number of carbonyl (C=O) groups excluding carboxylic acids is 2. The number of benzene rings is 1. The number of rotatable bonds is 7. The third kappa shape index (κ3) is 5.69. The SMILES string of the molecule is Cc1ccc(NS(=O)(=O)c2ccsc2C(=O)N2CCC(C(=O)NC(C)C(C)C)CC2)cc1. The quantitative estimate of drug-likeness (QED) is 0.633. The van der Waals surface area contributed by atoms with Crippen molar-refractivity contribution in [1.82, 2.24) is 10.2 Å². The molecule has 1 aliphatic rings. The summed E-state index contributed by atoms with van der Waals surface area (Å²) >= 11 is 1.12. The van der Waals surface area contributed by atoms with Crippen molar-refractivity contribution in [2.45, 2.75) is 51.5 Å². The highest BCUT2D eigenvalue weighted by Crippen LogP contribution is 2.28. The maximum Gasteiger partial charge on any atom is 0.265 e. The number of hydrogen-bond acceptors (Lipinski definition) is 5. The summed E-state index contributed by atoms with van der Waals surface area (Å²) in [6.07, 6.45) is 1.13. The van der Waals surface area contributed by atoms with Crippen molar-refractivity contribution >= 4 is 38.9 Å². The Kier molecular flexibility index (Phi) is 7.61. The number of sulfonamides is 1. The summed E-state index contributed by atoms with van der Waals surface area (Å²) in [5.41, 5.74) is 1.47. The number of anilines is 1. The smallest absolute Gasteiger partial charge is 0.265 e. The Bertz CT molecular complexity index is 1050. The highest BCUT2D eigenvalue weighted by atomic mass is 32.2. The van der Waals surface area contributed by atoms with E-state index in [1.807, 2.05) is 26.0 Å². The van der Waals surface area contributed by atoms with Gasteiger partial charge in [-0.2, -0.15) is 0 Å². The number of nitrogens with one attached hydrogen (secondary N) is 2. The number of piperidine rings is 1. The molecule has 1 aromatic carbocycles. The molecule has 174 valence electrons. The first-order chi connectivity index (χ1) is 15.1. The van der Waals surface area contributed by atoms with E-state index in [0.29, 0.717) is 37.5 Å². The molecule has 0 saturated carbocycles. The van der Waals surface area contributed by atoms with Crippen molar-refractivity contribution in [3.63, 3.8) is 0 Å². The third-order valence-corrected chi connectivity index (χ3v) is 8.39. The van der Waals surface area contributed by atoms with Gasteiger partial charge in [-0.05, 0) is 56.2 Å².